The van der Waals surface area contributed by atoms with Crippen molar-refractivity contribution < 1.29 is 23.1 Å². The number of carboxylic acids is 1. The summed E-state index contributed by atoms with van der Waals surface area (Å²) in [5.41, 5.74) is 0.286. The summed E-state index contributed by atoms with van der Waals surface area (Å²) in [6.45, 7) is 2.70. The second-order valence-electron chi connectivity index (χ2n) is 6.71. The fourth-order valence-electron chi connectivity index (χ4n) is 3.14. The smallest absolute Gasteiger partial charge is 0.303 e. The van der Waals surface area contributed by atoms with E-state index < -0.39 is 16.0 Å². The van der Waals surface area contributed by atoms with Crippen molar-refractivity contribution in [2.45, 2.75) is 50.0 Å². The summed E-state index contributed by atoms with van der Waals surface area (Å²) in [5, 5.41) is 8.68. The summed E-state index contributed by atoms with van der Waals surface area (Å²) in [7, 11) is -2.05. The summed E-state index contributed by atoms with van der Waals surface area (Å²) in [6.07, 6.45) is 3.03. The van der Waals surface area contributed by atoms with Crippen molar-refractivity contribution in [2.75, 3.05) is 20.1 Å². The van der Waals surface area contributed by atoms with Gasteiger partial charge in [-0.3, -0.25) is 9.59 Å². The van der Waals surface area contributed by atoms with E-state index in [0.29, 0.717) is 19.5 Å². The SMILES string of the molecule is CC1CCCCN1S(=O)(=O)c1cccc(C(=O)N(C)CCCC(=O)O)c1. The van der Waals surface area contributed by atoms with Gasteiger partial charge in [0.25, 0.3) is 5.91 Å². The molecule has 144 valence electrons. The van der Waals surface area contributed by atoms with Crippen LogP contribution in [-0.4, -0.2) is 60.8 Å². The molecule has 1 aliphatic heterocycles. The van der Waals surface area contributed by atoms with Crippen LogP contribution in [0.2, 0.25) is 0 Å². The highest BCUT2D eigenvalue weighted by molar-refractivity contribution is 7.89. The molecule has 8 heteroatoms. The van der Waals surface area contributed by atoms with E-state index in [0.717, 1.165) is 19.3 Å². The van der Waals surface area contributed by atoms with Crippen LogP contribution in [0, 0.1) is 0 Å². The van der Waals surface area contributed by atoms with E-state index in [1.54, 1.807) is 19.2 Å². The molecule has 0 saturated carbocycles. The second kappa shape index (κ2) is 8.64. The molecular formula is C18H26N2O5S. The topological polar surface area (TPSA) is 95.0 Å². The molecule has 2 rings (SSSR count). The molecule has 1 aliphatic rings. The van der Waals surface area contributed by atoms with Crippen molar-refractivity contribution in [3.63, 3.8) is 0 Å². The predicted octanol–water partition coefficient (Wildman–Crippen LogP) is 2.19. The average Bonchev–Trinajstić information content (AvgIpc) is 2.61. The number of benzene rings is 1. The quantitative estimate of drug-likeness (QED) is 0.780. The van der Waals surface area contributed by atoms with E-state index in [1.807, 2.05) is 6.92 Å². The van der Waals surface area contributed by atoms with E-state index in [9.17, 15) is 18.0 Å². The third-order valence-electron chi connectivity index (χ3n) is 4.66. The third-order valence-corrected chi connectivity index (χ3v) is 6.67. The summed E-state index contributed by atoms with van der Waals surface area (Å²) in [6, 6.07) is 6.02. The molecule has 1 aromatic carbocycles. The zero-order chi connectivity index (χ0) is 19.3. The third kappa shape index (κ3) is 4.82. The van der Waals surface area contributed by atoms with Gasteiger partial charge >= 0.3 is 5.97 Å². The van der Waals surface area contributed by atoms with Crippen molar-refractivity contribution in [2.24, 2.45) is 0 Å². The van der Waals surface area contributed by atoms with Gasteiger partial charge in [0.15, 0.2) is 0 Å². The van der Waals surface area contributed by atoms with Crippen LogP contribution in [0.1, 0.15) is 49.4 Å². The van der Waals surface area contributed by atoms with Crippen molar-refractivity contribution >= 4 is 21.9 Å². The summed E-state index contributed by atoms with van der Waals surface area (Å²) in [4.78, 5) is 24.6. The molecule has 0 bridgehead atoms. The molecule has 1 fully saturated rings. The van der Waals surface area contributed by atoms with Crippen LogP contribution in [0.25, 0.3) is 0 Å². The number of carboxylic acid groups (broad SMARTS) is 1. The first-order chi connectivity index (χ1) is 12.2. The summed E-state index contributed by atoms with van der Waals surface area (Å²) in [5.74, 6) is -1.23. The molecule has 1 atom stereocenters. The molecule has 1 unspecified atom stereocenters. The number of nitrogens with zero attached hydrogens (tertiary/aromatic N) is 2. The Kier molecular flexibility index (Phi) is 6.77. The lowest BCUT2D eigenvalue weighted by atomic mass is 10.1. The highest BCUT2D eigenvalue weighted by Gasteiger charge is 2.31. The van der Waals surface area contributed by atoms with Gasteiger partial charge in [-0.2, -0.15) is 4.31 Å². The first kappa shape index (κ1) is 20.4. The van der Waals surface area contributed by atoms with Gasteiger partial charge < -0.3 is 10.0 Å². The Morgan fingerprint density at radius 3 is 2.69 bits per heavy atom. The van der Waals surface area contributed by atoms with Crippen molar-refractivity contribution in [1.29, 1.82) is 0 Å². The van der Waals surface area contributed by atoms with Gasteiger partial charge in [0.1, 0.15) is 0 Å². The van der Waals surface area contributed by atoms with Crippen LogP contribution < -0.4 is 0 Å². The maximum absolute atomic E-state index is 12.9. The van der Waals surface area contributed by atoms with E-state index in [1.165, 1.54) is 21.3 Å². The number of aliphatic carboxylic acids is 1. The molecule has 0 radical (unpaired) electrons. The minimum Gasteiger partial charge on any atom is -0.481 e. The summed E-state index contributed by atoms with van der Waals surface area (Å²) < 4.78 is 27.4. The molecule has 1 N–H and O–H groups in total. The lowest BCUT2D eigenvalue weighted by molar-refractivity contribution is -0.137. The van der Waals surface area contributed by atoms with Crippen LogP contribution in [0.15, 0.2) is 29.2 Å². The number of hydrogen-bond donors (Lipinski definition) is 1. The molecule has 0 aliphatic carbocycles. The lowest BCUT2D eigenvalue weighted by Crippen LogP contribution is -2.42. The minimum absolute atomic E-state index is 0.0150. The van der Waals surface area contributed by atoms with E-state index >= 15 is 0 Å². The Bertz CT molecular complexity index is 763. The van der Waals surface area contributed by atoms with E-state index in [-0.39, 0.29) is 28.8 Å². The molecule has 7 nitrogen and oxygen atoms in total. The molecule has 1 aromatic rings. The van der Waals surface area contributed by atoms with Crippen molar-refractivity contribution in [1.82, 2.24) is 9.21 Å². The van der Waals surface area contributed by atoms with Crippen molar-refractivity contribution in [3.05, 3.63) is 29.8 Å². The zero-order valence-corrected chi connectivity index (χ0v) is 16.0. The van der Waals surface area contributed by atoms with Crippen LogP contribution in [0.5, 0.6) is 0 Å². The number of carbonyl (C=O) groups is 2. The van der Waals surface area contributed by atoms with E-state index in [2.05, 4.69) is 0 Å². The fourth-order valence-corrected chi connectivity index (χ4v) is 4.89. The number of hydrogen-bond acceptors (Lipinski definition) is 4. The highest BCUT2D eigenvalue weighted by Crippen LogP contribution is 2.25. The molecule has 1 amide bonds. The number of rotatable bonds is 7. The van der Waals surface area contributed by atoms with Crippen LogP contribution in [0.3, 0.4) is 0 Å². The molecular weight excluding hydrogens is 356 g/mol. The van der Waals surface area contributed by atoms with Crippen LogP contribution in [-0.2, 0) is 14.8 Å². The summed E-state index contributed by atoms with van der Waals surface area (Å²) >= 11 is 0. The Hall–Kier alpha value is -1.93. The monoisotopic (exact) mass is 382 g/mol. The largest absolute Gasteiger partial charge is 0.481 e. The maximum atomic E-state index is 12.9. The second-order valence-corrected chi connectivity index (χ2v) is 8.60. The highest BCUT2D eigenvalue weighted by atomic mass is 32.2. The Morgan fingerprint density at radius 1 is 1.31 bits per heavy atom. The fraction of sp³-hybridized carbons (Fsp3) is 0.556. The number of carbonyl (C=O) groups excluding carboxylic acids is 1. The Morgan fingerprint density at radius 2 is 2.04 bits per heavy atom. The van der Waals surface area contributed by atoms with Gasteiger partial charge in [-0.1, -0.05) is 12.5 Å². The normalized spacial score (nSPS) is 18.5. The maximum Gasteiger partial charge on any atom is 0.303 e. The number of sulfonamides is 1. The van der Waals surface area contributed by atoms with Gasteiger partial charge in [0.05, 0.1) is 4.90 Å². The molecule has 1 saturated heterocycles. The van der Waals surface area contributed by atoms with Crippen LogP contribution in [0.4, 0.5) is 0 Å². The minimum atomic E-state index is -3.64. The standard InChI is InChI=1S/C18H26N2O5S/c1-14-7-3-4-12-20(14)26(24,25)16-9-5-8-15(13-16)18(23)19(2)11-6-10-17(21)22/h5,8-9,13-14H,3-4,6-7,10-12H2,1-2H3,(H,21,22). The first-order valence-corrected chi connectivity index (χ1v) is 10.3. The molecule has 0 spiro atoms. The van der Waals surface area contributed by atoms with Gasteiger partial charge in [-0.05, 0) is 44.4 Å². The molecule has 26 heavy (non-hydrogen) atoms. The predicted molar refractivity (Wildman–Crippen MR) is 97.5 cm³/mol. The van der Waals surface area contributed by atoms with Gasteiger partial charge in [0.2, 0.25) is 10.0 Å². The Balaban J connectivity index is 2.16. The van der Waals surface area contributed by atoms with E-state index in [4.69, 9.17) is 5.11 Å². The van der Waals surface area contributed by atoms with Crippen LogP contribution >= 0.6 is 0 Å². The van der Waals surface area contributed by atoms with Crippen molar-refractivity contribution in [3.8, 4) is 0 Å². The first-order valence-electron chi connectivity index (χ1n) is 8.82. The van der Waals surface area contributed by atoms with Gasteiger partial charge in [-0.25, -0.2) is 8.42 Å². The Labute approximate surface area is 154 Å². The number of piperidine rings is 1. The molecule has 1 heterocycles. The number of amides is 1. The zero-order valence-electron chi connectivity index (χ0n) is 15.2. The molecule has 0 aromatic heterocycles. The van der Waals surface area contributed by atoms with Gasteiger partial charge in [-0.15, -0.1) is 0 Å². The lowest BCUT2D eigenvalue weighted by Gasteiger charge is -2.32. The average molecular weight is 382 g/mol. The van der Waals surface area contributed by atoms with Gasteiger partial charge in [0, 0.05) is 38.2 Å².